The molecule has 0 spiro atoms. The summed E-state index contributed by atoms with van der Waals surface area (Å²) in [5.41, 5.74) is 3.56. The maximum atomic E-state index is 13.3. The lowest BCUT2D eigenvalue weighted by Crippen LogP contribution is -2.41. The summed E-state index contributed by atoms with van der Waals surface area (Å²) in [7, 11) is 0. The Bertz CT molecular complexity index is 1050. The zero-order chi connectivity index (χ0) is 21.1. The van der Waals surface area contributed by atoms with Gasteiger partial charge in [-0.05, 0) is 54.2 Å². The molecule has 0 bridgehead atoms. The maximum absolute atomic E-state index is 13.3. The van der Waals surface area contributed by atoms with Crippen LogP contribution in [0.1, 0.15) is 45.9 Å². The normalized spacial score (nSPS) is 18.4. The first kappa shape index (κ1) is 20.2. The second-order valence-electron chi connectivity index (χ2n) is 7.54. The monoisotopic (exact) mass is 419 g/mol. The molecule has 30 heavy (non-hydrogen) atoms. The minimum atomic E-state index is -0.987. The Morgan fingerprint density at radius 1 is 0.867 bits per heavy atom. The Balaban J connectivity index is 1.60. The van der Waals surface area contributed by atoms with Crippen LogP contribution in [-0.2, 0) is 11.2 Å². The number of likely N-dealkylation sites (tertiary alicyclic amines) is 1. The molecule has 3 aromatic carbocycles. The lowest BCUT2D eigenvalue weighted by Gasteiger charge is -2.29. The summed E-state index contributed by atoms with van der Waals surface area (Å²) >= 11 is 6.36. The molecule has 1 amide bonds. The predicted molar refractivity (Wildman–Crippen MR) is 117 cm³/mol. The number of carbonyl (C=O) groups is 2. The van der Waals surface area contributed by atoms with Crippen molar-refractivity contribution >= 4 is 23.5 Å². The number of hydrogen-bond donors (Lipinski definition) is 1. The van der Waals surface area contributed by atoms with Gasteiger partial charge in [-0.1, -0.05) is 72.3 Å². The van der Waals surface area contributed by atoms with E-state index >= 15 is 0 Å². The lowest BCUT2D eigenvalue weighted by atomic mass is 10.0. The van der Waals surface area contributed by atoms with E-state index in [1.165, 1.54) is 10.5 Å². The van der Waals surface area contributed by atoms with Gasteiger partial charge in [-0.2, -0.15) is 0 Å². The highest BCUT2D eigenvalue weighted by Crippen LogP contribution is 2.40. The molecule has 0 saturated carbocycles. The summed E-state index contributed by atoms with van der Waals surface area (Å²) in [5, 5.41) is 10.2. The van der Waals surface area contributed by atoms with Gasteiger partial charge in [0.2, 0.25) is 0 Å². The zero-order valence-corrected chi connectivity index (χ0v) is 17.1. The molecule has 0 unspecified atom stereocenters. The second kappa shape index (κ2) is 8.72. The van der Waals surface area contributed by atoms with E-state index in [1.54, 1.807) is 18.2 Å². The van der Waals surface area contributed by atoms with Crippen LogP contribution in [0.4, 0.5) is 0 Å². The van der Waals surface area contributed by atoms with Gasteiger partial charge < -0.3 is 10.0 Å². The molecule has 0 radical (unpaired) electrons. The van der Waals surface area contributed by atoms with Gasteiger partial charge in [-0.3, -0.25) is 4.79 Å². The Kier molecular flexibility index (Phi) is 5.86. The van der Waals surface area contributed by atoms with Gasteiger partial charge in [0.1, 0.15) is 6.04 Å². The molecule has 5 heteroatoms. The average molecular weight is 420 g/mol. The summed E-state index contributed by atoms with van der Waals surface area (Å²) in [6.45, 7) is 0. The van der Waals surface area contributed by atoms with Crippen LogP contribution < -0.4 is 0 Å². The van der Waals surface area contributed by atoms with Crippen LogP contribution in [0.15, 0.2) is 78.9 Å². The Labute approximate surface area is 180 Å². The third-order valence-electron chi connectivity index (χ3n) is 5.62. The molecule has 0 aromatic heterocycles. The summed E-state index contributed by atoms with van der Waals surface area (Å²) in [6, 6.07) is 23.6. The third kappa shape index (κ3) is 4.10. The van der Waals surface area contributed by atoms with Crippen LogP contribution in [0, 0.1) is 0 Å². The first-order valence-corrected chi connectivity index (χ1v) is 10.3. The predicted octanol–water partition coefficient (Wildman–Crippen LogP) is 5.36. The van der Waals surface area contributed by atoms with Crippen LogP contribution in [0.2, 0.25) is 5.02 Å². The fourth-order valence-electron chi connectivity index (χ4n) is 4.13. The number of nitrogens with zero attached hydrogens (tertiary/aromatic N) is 1. The Morgan fingerprint density at radius 2 is 1.50 bits per heavy atom. The van der Waals surface area contributed by atoms with Crippen molar-refractivity contribution in [1.82, 2.24) is 4.90 Å². The Morgan fingerprint density at radius 3 is 2.17 bits per heavy atom. The van der Waals surface area contributed by atoms with Crippen molar-refractivity contribution in [2.45, 2.75) is 31.3 Å². The minimum absolute atomic E-state index is 0.281. The van der Waals surface area contributed by atoms with Crippen molar-refractivity contribution in [2.24, 2.45) is 0 Å². The minimum Gasteiger partial charge on any atom is -0.480 e. The van der Waals surface area contributed by atoms with Crippen LogP contribution >= 0.6 is 11.6 Å². The highest BCUT2D eigenvalue weighted by molar-refractivity contribution is 6.31. The van der Waals surface area contributed by atoms with Gasteiger partial charge in [0, 0.05) is 10.6 Å². The molecule has 1 heterocycles. The molecule has 3 aromatic rings. The molecule has 2 atom stereocenters. The first-order valence-electron chi connectivity index (χ1n) is 9.97. The summed E-state index contributed by atoms with van der Waals surface area (Å²) in [4.78, 5) is 26.7. The van der Waals surface area contributed by atoms with Crippen LogP contribution in [0.25, 0.3) is 0 Å². The molecule has 1 aliphatic rings. The van der Waals surface area contributed by atoms with E-state index in [4.69, 9.17) is 11.6 Å². The van der Waals surface area contributed by atoms with Gasteiger partial charge in [0.05, 0.1) is 6.04 Å². The maximum Gasteiger partial charge on any atom is 0.326 e. The number of carboxylic acid groups (broad SMARTS) is 1. The van der Waals surface area contributed by atoms with Crippen LogP contribution in [0.3, 0.4) is 0 Å². The van der Waals surface area contributed by atoms with Gasteiger partial charge >= 0.3 is 5.97 Å². The van der Waals surface area contributed by atoms with Crippen LogP contribution in [-0.4, -0.2) is 27.9 Å². The van der Waals surface area contributed by atoms with E-state index < -0.39 is 12.0 Å². The molecule has 152 valence electrons. The van der Waals surface area contributed by atoms with E-state index in [-0.39, 0.29) is 11.9 Å². The number of halogens is 1. The van der Waals surface area contributed by atoms with Gasteiger partial charge in [-0.15, -0.1) is 0 Å². The SMILES string of the molecule is O=C(O)[C@@H]1CC[C@H](c2ccccc2Cl)N1C(=O)c1ccc(Cc2ccccc2)cc1. The van der Waals surface area contributed by atoms with E-state index in [0.717, 1.165) is 17.5 Å². The fourth-order valence-corrected chi connectivity index (χ4v) is 4.39. The molecule has 4 rings (SSSR count). The average Bonchev–Trinajstić information content (AvgIpc) is 3.20. The summed E-state index contributed by atoms with van der Waals surface area (Å²) in [6.07, 6.45) is 1.75. The van der Waals surface area contributed by atoms with Crippen molar-refractivity contribution in [1.29, 1.82) is 0 Å². The third-order valence-corrected chi connectivity index (χ3v) is 5.97. The van der Waals surface area contributed by atoms with E-state index in [0.29, 0.717) is 23.4 Å². The molecule has 0 aliphatic carbocycles. The molecule has 1 aliphatic heterocycles. The van der Waals surface area contributed by atoms with E-state index in [1.807, 2.05) is 48.5 Å². The van der Waals surface area contributed by atoms with Gasteiger partial charge in [-0.25, -0.2) is 4.79 Å². The van der Waals surface area contributed by atoms with Crippen LogP contribution in [0.5, 0.6) is 0 Å². The molecule has 1 fully saturated rings. The smallest absolute Gasteiger partial charge is 0.326 e. The summed E-state index contributed by atoms with van der Waals surface area (Å²) in [5.74, 6) is -1.27. The zero-order valence-electron chi connectivity index (χ0n) is 16.4. The van der Waals surface area contributed by atoms with Crippen molar-refractivity contribution in [2.75, 3.05) is 0 Å². The molecular weight excluding hydrogens is 398 g/mol. The standard InChI is InChI=1S/C25H22ClNO3/c26-21-9-5-4-8-20(21)22-14-15-23(25(29)30)27(22)24(28)19-12-10-18(11-13-19)16-17-6-2-1-3-7-17/h1-13,22-23H,14-16H2,(H,29,30)/t22-,23+/m1/s1. The molecule has 4 nitrogen and oxygen atoms in total. The lowest BCUT2D eigenvalue weighted by molar-refractivity contribution is -0.141. The number of rotatable bonds is 5. The van der Waals surface area contributed by atoms with Crippen molar-refractivity contribution in [3.63, 3.8) is 0 Å². The Hall–Kier alpha value is -3.11. The summed E-state index contributed by atoms with van der Waals surface area (Å²) < 4.78 is 0. The highest BCUT2D eigenvalue weighted by atomic mass is 35.5. The second-order valence-corrected chi connectivity index (χ2v) is 7.95. The molecule has 1 saturated heterocycles. The molecular formula is C25H22ClNO3. The van der Waals surface area contributed by atoms with E-state index in [9.17, 15) is 14.7 Å². The number of aliphatic carboxylic acids is 1. The highest BCUT2D eigenvalue weighted by Gasteiger charge is 2.42. The number of carboxylic acids is 1. The first-order chi connectivity index (χ1) is 14.5. The number of carbonyl (C=O) groups excluding carboxylic acids is 1. The van der Waals surface area contributed by atoms with E-state index in [2.05, 4.69) is 12.1 Å². The van der Waals surface area contributed by atoms with Gasteiger partial charge in [0.15, 0.2) is 0 Å². The number of amides is 1. The van der Waals surface area contributed by atoms with Crippen molar-refractivity contribution in [3.8, 4) is 0 Å². The van der Waals surface area contributed by atoms with Gasteiger partial charge in [0.25, 0.3) is 5.91 Å². The van der Waals surface area contributed by atoms with Crippen molar-refractivity contribution in [3.05, 3.63) is 106 Å². The topological polar surface area (TPSA) is 57.6 Å². The quantitative estimate of drug-likeness (QED) is 0.605. The molecule has 1 N–H and O–H groups in total. The largest absolute Gasteiger partial charge is 0.480 e. The number of benzene rings is 3. The fraction of sp³-hybridized carbons (Fsp3) is 0.200. The van der Waals surface area contributed by atoms with Crippen molar-refractivity contribution < 1.29 is 14.7 Å². The number of hydrogen-bond acceptors (Lipinski definition) is 2.